The highest BCUT2D eigenvalue weighted by Gasteiger charge is 2.14. The normalized spacial score (nSPS) is 14.6. The summed E-state index contributed by atoms with van der Waals surface area (Å²) in [5, 5.41) is 24.0. The molecule has 1 amide bonds. The van der Waals surface area contributed by atoms with Gasteiger partial charge in [0.25, 0.3) is 0 Å². The van der Waals surface area contributed by atoms with Crippen molar-refractivity contribution in [1.82, 2.24) is 20.2 Å². The van der Waals surface area contributed by atoms with Crippen molar-refractivity contribution >= 4 is 17.2 Å². The average molecular weight is 387 g/mol. The van der Waals surface area contributed by atoms with Gasteiger partial charge in [-0.25, -0.2) is 9.97 Å². The zero-order valence-corrected chi connectivity index (χ0v) is 15.7. The first kappa shape index (κ1) is 19.2. The van der Waals surface area contributed by atoms with Gasteiger partial charge in [-0.3, -0.25) is 9.69 Å². The molecule has 1 fully saturated rings. The zero-order chi connectivity index (χ0) is 19.1. The van der Waals surface area contributed by atoms with Crippen LogP contribution in [-0.2, 0) is 16.0 Å². The van der Waals surface area contributed by atoms with E-state index in [2.05, 4.69) is 20.2 Å². The SMILES string of the molecule is N#Cc1cnc(-c2nc(CC(=O)NCCCN3CCOCC3)cs2)c(O)c1. The fourth-order valence-corrected chi connectivity index (χ4v) is 3.58. The van der Waals surface area contributed by atoms with Crippen LogP contribution in [0.15, 0.2) is 17.6 Å². The molecule has 2 N–H and O–H groups in total. The van der Waals surface area contributed by atoms with Gasteiger partial charge in [-0.05, 0) is 13.0 Å². The molecule has 1 aliphatic rings. The molecule has 0 radical (unpaired) electrons. The first-order chi connectivity index (χ1) is 13.2. The highest BCUT2D eigenvalue weighted by Crippen LogP contribution is 2.30. The van der Waals surface area contributed by atoms with E-state index in [0.717, 1.165) is 39.3 Å². The number of hydrogen-bond donors (Lipinski definition) is 2. The molecule has 0 spiro atoms. The number of aromatic nitrogens is 2. The largest absolute Gasteiger partial charge is 0.506 e. The maximum Gasteiger partial charge on any atom is 0.226 e. The third-order valence-electron chi connectivity index (χ3n) is 4.17. The van der Waals surface area contributed by atoms with E-state index in [1.807, 2.05) is 6.07 Å². The summed E-state index contributed by atoms with van der Waals surface area (Å²) in [5.74, 6) is -0.173. The molecule has 0 saturated carbocycles. The van der Waals surface area contributed by atoms with Crippen molar-refractivity contribution in [3.63, 3.8) is 0 Å². The molecule has 3 rings (SSSR count). The number of morpholine rings is 1. The number of nitriles is 1. The van der Waals surface area contributed by atoms with Gasteiger partial charge >= 0.3 is 0 Å². The van der Waals surface area contributed by atoms with Crippen molar-refractivity contribution in [2.45, 2.75) is 12.8 Å². The van der Waals surface area contributed by atoms with E-state index in [1.165, 1.54) is 23.6 Å². The Morgan fingerprint density at radius 1 is 1.44 bits per heavy atom. The lowest BCUT2D eigenvalue weighted by molar-refractivity contribution is -0.120. The number of pyridine rings is 1. The van der Waals surface area contributed by atoms with Crippen molar-refractivity contribution in [1.29, 1.82) is 5.26 Å². The molecule has 0 atom stereocenters. The van der Waals surface area contributed by atoms with Gasteiger partial charge in [0.2, 0.25) is 5.91 Å². The van der Waals surface area contributed by atoms with Gasteiger partial charge < -0.3 is 15.2 Å². The number of nitrogens with one attached hydrogen (secondary N) is 1. The van der Waals surface area contributed by atoms with Crippen LogP contribution in [0.2, 0.25) is 0 Å². The molecule has 9 heteroatoms. The zero-order valence-electron chi connectivity index (χ0n) is 14.8. The van der Waals surface area contributed by atoms with E-state index in [1.54, 1.807) is 5.38 Å². The van der Waals surface area contributed by atoms with Crippen LogP contribution in [0, 0.1) is 11.3 Å². The average Bonchev–Trinajstić information content (AvgIpc) is 3.14. The molecular weight excluding hydrogens is 366 g/mol. The molecular formula is C18H21N5O3S. The Morgan fingerprint density at radius 3 is 3.00 bits per heavy atom. The Balaban J connectivity index is 1.46. The molecule has 0 unspecified atom stereocenters. The Morgan fingerprint density at radius 2 is 2.26 bits per heavy atom. The summed E-state index contributed by atoms with van der Waals surface area (Å²) in [4.78, 5) is 22.9. The van der Waals surface area contributed by atoms with Crippen molar-refractivity contribution in [3.05, 3.63) is 28.9 Å². The number of amides is 1. The number of nitrogens with zero attached hydrogens (tertiary/aromatic N) is 4. The first-order valence-electron chi connectivity index (χ1n) is 8.76. The van der Waals surface area contributed by atoms with E-state index in [9.17, 15) is 9.90 Å². The molecule has 1 aliphatic heterocycles. The lowest BCUT2D eigenvalue weighted by atomic mass is 10.2. The maximum atomic E-state index is 12.1. The van der Waals surface area contributed by atoms with Crippen LogP contribution in [0.25, 0.3) is 10.7 Å². The second kappa shape index (κ2) is 9.41. The number of ether oxygens (including phenoxy) is 1. The number of rotatable bonds is 7. The lowest BCUT2D eigenvalue weighted by Gasteiger charge is -2.26. The molecule has 2 aromatic rings. The number of carbonyl (C=O) groups is 1. The molecule has 27 heavy (non-hydrogen) atoms. The monoisotopic (exact) mass is 387 g/mol. The summed E-state index contributed by atoms with van der Waals surface area (Å²) < 4.78 is 5.31. The number of thiazole rings is 1. The fraction of sp³-hybridized carbons (Fsp3) is 0.444. The predicted octanol–water partition coefficient (Wildman–Crippen LogP) is 1.16. The van der Waals surface area contributed by atoms with Crippen LogP contribution in [-0.4, -0.2) is 65.3 Å². The van der Waals surface area contributed by atoms with E-state index in [-0.39, 0.29) is 23.6 Å². The molecule has 1 saturated heterocycles. The van der Waals surface area contributed by atoms with E-state index < -0.39 is 0 Å². The number of carbonyl (C=O) groups excluding carboxylic acids is 1. The molecule has 0 bridgehead atoms. The molecule has 2 aromatic heterocycles. The third kappa shape index (κ3) is 5.47. The van der Waals surface area contributed by atoms with Crippen LogP contribution >= 0.6 is 11.3 Å². The van der Waals surface area contributed by atoms with E-state index in [0.29, 0.717) is 22.9 Å². The summed E-state index contributed by atoms with van der Waals surface area (Å²) in [6.45, 7) is 5.04. The standard InChI is InChI=1S/C18H21N5O3S/c19-10-13-8-15(24)17(21-11-13)18-22-14(12-27-18)9-16(25)20-2-1-3-23-4-6-26-7-5-23/h8,11-12,24H,1-7,9H2,(H,20,25). The van der Waals surface area contributed by atoms with Crippen molar-refractivity contribution in [2.24, 2.45) is 0 Å². The minimum atomic E-state index is -0.0949. The highest BCUT2D eigenvalue weighted by atomic mass is 32.1. The van der Waals surface area contributed by atoms with Crippen LogP contribution < -0.4 is 5.32 Å². The Labute approximate surface area is 161 Å². The minimum Gasteiger partial charge on any atom is -0.506 e. The van der Waals surface area contributed by atoms with Crippen LogP contribution in [0.4, 0.5) is 0 Å². The minimum absolute atomic E-state index is 0.0779. The summed E-state index contributed by atoms with van der Waals surface area (Å²) in [7, 11) is 0. The molecule has 8 nitrogen and oxygen atoms in total. The predicted molar refractivity (Wildman–Crippen MR) is 100 cm³/mol. The Bertz CT molecular complexity index is 827. The van der Waals surface area contributed by atoms with Gasteiger partial charge in [0.1, 0.15) is 22.5 Å². The summed E-state index contributed by atoms with van der Waals surface area (Å²) >= 11 is 1.30. The van der Waals surface area contributed by atoms with Crippen molar-refractivity contribution < 1.29 is 14.6 Å². The van der Waals surface area contributed by atoms with Crippen molar-refractivity contribution in [2.75, 3.05) is 39.4 Å². The van der Waals surface area contributed by atoms with Gasteiger partial charge in [-0.2, -0.15) is 5.26 Å². The van der Waals surface area contributed by atoms with Crippen LogP contribution in [0.1, 0.15) is 17.7 Å². The smallest absolute Gasteiger partial charge is 0.226 e. The van der Waals surface area contributed by atoms with E-state index >= 15 is 0 Å². The highest BCUT2D eigenvalue weighted by molar-refractivity contribution is 7.13. The fourth-order valence-electron chi connectivity index (χ4n) is 2.76. The quantitative estimate of drug-likeness (QED) is 0.686. The van der Waals surface area contributed by atoms with E-state index in [4.69, 9.17) is 10.00 Å². The van der Waals surface area contributed by atoms with Gasteiger partial charge in [0.05, 0.1) is 30.9 Å². The topological polar surface area (TPSA) is 111 Å². The second-order valence-corrected chi connectivity index (χ2v) is 7.04. The van der Waals surface area contributed by atoms with Gasteiger partial charge in [-0.1, -0.05) is 0 Å². The van der Waals surface area contributed by atoms with Gasteiger partial charge in [-0.15, -0.1) is 11.3 Å². The molecule has 0 aliphatic carbocycles. The van der Waals surface area contributed by atoms with Gasteiger partial charge in [0, 0.05) is 37.3 Å². The van der Waals surface area contributed by atoms with Crippen LogP contribution in [0.5, 0.6) is 5.75 Å². The van der Waals surface area contributed by atoms with Crippen LogP contribution in [0.3, 0.4) is 0 Å². The summed E-state index contributed by atoms with van der Waals surface area (Å²) in [6.07, 6.45) is 2.47. The molecule has 0 aromatic carbocycles. The van der Waals surface area contributed by atoms with Crippen molar-refractivity contribution in [3.8, 4) is 22.5 Å². The number of aromatic hydroxyl groups is 1. The summed E-state index contributed by atoms with van der Waals surface area (Å²) in [6, 6.07) is 3.27. The first-order valence-corrected chi connectivity index (χ1v) is 9.64. The number of hydrogen-bond acceptors (Lipinski definition) is 8. The third-order valence-corrected chi connectivity index (χ3v) is 5.07. The summed E-state index contributed by atoms with van der Waals surface area (Å²) in [5.41, 5.74) is 1.23. The Kier molecular flexibility index (Phi) is 6.70. The second-order valence-electron chi connectivity index (χ2n) is 6.18. The maximum absolute atomic E-state index is 12.1. The Hall–Kier alpha value is -2.54. The van der Waals surface area contributed by atoms with Gasteiger partial charge in [0.15, 0.2) is 0 Å². The molecule has 3 heterocycles. The molecule has 142 valence electrons. The lowest BCUT2D eigenvalue weighted by Crippen LogP contribution is -2.38.